The van der Waals surface area contributed by atoms with Crippen LogP contribution in [0.4, 0.5) is 0 Å². The molecule has 1 aliphatic heterocycles. The van der Waals surface area contributed by atoms with Gasteiger partial charge >= 0.3 is 0 Å². The highest BCUT2D eigenvalue weighted by Gasteiger charge is 2.18. The molecular formula is C30H35NO. The molecule has 3 aromatic rings. The van der Waals surface area contributed by atoms with Crippen molar-refractivity contribution in [3.05, 3.63) is 107 Å². The van der Waals surface area contributed by atoms with Gasteiger partial charge in [0.25, 0.3) is 0 Å². The number of likely N-dealkylation sites (tertiary alicyclic amines) is 1. The zero-order valence-electron chi connectivity index (χ0n) is 19.5. The first-order chi connectivity index (χ1) is 15.7. The number of nitrogens with zero attached hydrogens (tertiary/aromatic N) is 1. The van der Waals surface area contributed by atoms with Crippen LogP contribution in [0.15, 0.2) is 90.5 Å². The van der Waals surface area contributed by atoms with Crippen LogP contribution in [0.25, 0.3) is 5.57 Å². The van der Waals surface area contributed by atoms with Crippen molar-refractivity contribution in [1.29, 1.82) is 0 Å². The molecule has 0 radical (unpaired) electrons. The van der Waals surface area contributed by atoms with Crippen LogP contribution in [0, 0.1) is 0 Å². The van der Waals surface area contributed by atoms with E-state index < -0.39 is 0 Å². The summed E-state index contributed by atoms with van der Waals surface area (Å²) in [6.45, 7) is 6.71. The first kappa shape index (κ1) is 22.4. The smallest absolute Gasteiger partial charge is 0.149 e. The third-order valence-corrected chi connectivity index (χ3v) is 6.46. The molecule has 2 heteroatoms. The normalized spacial score (nSPS) is 16.3. The third kappa shape index (κ3) is 5.69. The third-order valence-electron chi connectivity index (χ3n) is 6.46. The van der Waals surface area contributed by atoms with Crippen molar-refractivity contribution in [2.45, 2.75) is 52.2 Å². The Morgan fingerprint density at radius 2 is 1.38 bits per heavy atom. The Kier molecular flexibility index (Phi) is 7.79. The average Bonchev–Trinajstić information content (AvgIpc) is 2.86. The van der Waals surface area contributed by atoms with Crippen molar-refractivity contribution in [2.24, 2.45) is 0 Å². The van der Waals surface area contributed by atoms with Crippen LogP contribution < -0.4 is 4.74 Å². The predicted molar refractivity (Wildman–Crippen MR) is 135 cm³/mol. The largest absolute Gasteiger partial charge is 0.475 e. The summed E-state index contributed by atoms with van der Waals surface area (Å²) in [5.41, 5.74) is 6.68. The molecule has 0 bridgehead atoms. The minimum absolute atomic E-state index is 0.120. The van der Waals surface area contributed by atoms with Crippen LogP contribution in [0.2, 0.25) is 0 Å². The Balaban J connectivity index is 1.61. The molecule has 1 atom stereocenters. The topological polar surface area (TPSA) is 12.5 Å². The molecule has 1 aliphatic rings. The number of rotatable bonds is 8. The van der Waals surface area contributed by atoms with Crippen molar-refractivity contribution >= 4 is 5.57 Å². The van der Waals surface area contributed by atoms with E-state index in [-0.39, 0.29) is 6.23 Å². The Morgan fingerprint density at radius 1 is 0.781 bits per heavy atom. The van der Waals surface area contributed by atoms with Gasteiger partial charge in [0.1, 0.15) is 12.0 Å². The van der Waals surface area contributed by atoms with Crippen LogP contribution in [-0.2, 0) is 6.42 Å². The van der Waals surface area contributed by atoms with Gasteiger partial charge in [-0.2, -0.15) is 0 Å². The highest BCUT2D eigenvalue weighted by molar-refractivity contribution is 5.82. The molecule has 166 valence electrons. The number of benzene rings is 3. The van der Waals surface area contributed by atoms with E-state index in [1.807, 2.05) is 0 Å². The van der Waals surface area contributed by atoms with Gasteiger partial charge in [0.15, 0.2) is 0 Å². The van der Waals surface area contributed by atoms with E-state index in [4.69, 9.17) is 4.74 Å². The predicted octanol–water partition coefficient (Wildman–Crippen LogP) is 7.35. The number of piperidine rings is 1. The average molecular weight is 426 g/mol. The summed E-state index contributed by atoms with van der Waals surface area (Å²) in [6.07, 6.45) is 6.00. The minimum atomic E-state index is 0.120. The lowest BCUT2D eigenvalue weighted by Crippen LogP contribution is -2.40. The lowest BCUT2D eigenvalue weighted by molar-refractivity contribution is 0.0262. The Labute approximate surface area is 193 Å². The van der Waals surface area contributed by atoms with Crippen LogP contribution in [-0.4, -0.2) is 24.2 Å². The molecule has 3 aromatic carbocycles. The molecule has 1 heterocycles. The highest BCUT2D eigenvalue weighted by atomic mass is 16.5. The van der Waals surface area contributed by atoms with Crippen molar-refractivity contribution < 1.29 is 4.74 Å². The fourth-order valence-electron chi connectivity index (χ4n) is 4.67. The van der Waals surface area contributed by atoms with Gasteiger partial charge in [0.05, 0.1) is 0 Å². The summed E-state index contributed by atoms with van der Waals surface area (Å²) in [6, 6.07) is 30.3. The van der Waals surface area contributed by atoms with Crippen molar-refractivity contribution in [1.82, 2.24) is 4.90 Å². The van der Waals surface area contributed by atoms with E-state index >= 15 is 0 Å². The van der Waals surface area contributed by atoms with Gasteiger partial charge in [-0.25, -0.2) is 0 Å². The first-order valence-corrected chi connectivity index (χ1v) is 12.1. The van der Waals surface area contributed by atoms with Gasteiger partial charge in [-0.1, -0.05) is 91.7 Å². The lowest BCUT2D eigenvalue weighted by atomic mass is 9.88. The molecule has 4 rings (SSSR count). The zero-order chi connectivity index (χ0) is 22.2. The van der Waals surface area contributed by atoms with E-state index in [1.54, 1.807) is 0 Å². The van der Waals surface area contributed by atoms with E-state index in [9.17, 15) is 0 Å². The summed E-state index contributed by atoms with van der Waals surface area (Å²) in [5.74, 6) is 0.945. The molecule has 0 saturated carbocycles. The number of ether oxygens (including phenoxy) is 1. The fourth-order valence-corrected chi connectivity index (χ4v) is 4.67. The van der Waals surface area contributed by atoms with Crippen LogP contribution >= 0.6 is 0 Å². The zero-order valence-corrected chi connectivity index (χ0v) is 19.5. The fraction of sp³-hybridized carbons (Fsp3) is 0.333. The SMILES string of the molecule is CC/C(Cc1ccccc1)=C(\c1ccccc1)c1ccc(OC(C)N2CCCCC2)cc1. The molecule has 1 fully saturated rings. The quantitative estimate of drug-likeness (QED) is 0.374. The molecule has 0 aliphatic carbocycles. The monoisotopic (exact) mass is 425 g/mol. The minimum Gasteiger partial charge on any atom is -0.475 e. The summed E-state index contributed by atoms with van der Waals surface area (Å²) < 4.78 is 6.29. The van der Waals surface area contributed by atoms with E-state index in [2.05, 4.69) is 104 Å². The van der Waals surface area contributed by atoms with Crippen molar-refractivity contribution in [2.75, 3.05) is 13.1 Å². The molecule has 1 unspecified atom stereocenters. The van der Waals surface area contributed by atoms with Gasteiger partial charge in [0.2, 0.25) is 0 Å². The summed E-state index contributed by atoms with van der Waals surface area (Å²) >= 11 is 0. The molecule has 1 saturated heterocycles. The van der Waals surface area contributed by atoms with Gasteiger partial charge < -0.3 is 4.74 Å². The molecule has 0 amide bonds. The Bertz CT molecular complexity index is 986. The van der Waals surface area contributed by atoms with Crippen molar-refractivity contribution in [3.63, 3.8) is 0 Å². The second-order valence-electron chi connectivity index (χ2n) is 8.70. The van der Waals surface area contributed by atoms with Gasteiger partial charge in [-0.05, 0) is 67.0 Å². The molecule has 2 nitrogen and oxygen atoms in total. The molecule has 0 N–H and O–H groups in total. The molecule has 0 aromatic heterocycles. The number of allylic oxidation sites excluding steroid dienone is 1. The highest BCUT2D eigenvalue weighted by Crippen LogP contribution is 2.32. The van der Waals surface area contributed by atoms with Crippen LogP contribution in [0.5, 0.6) is 5.75 Å². The lowest BCUT2D eigenvalue weighted by Gasteiger charge is -2.32. The summed E-state index contributed by atoms with van der Waals surface area (Å²) in [5, 5.41) is 0. The number of hydrogen-bond acceptors (Lipinski definition) is 2. The summed E-state index contributed by atoms with van der Waals surface area (Å²) in [4.78, 5) is 2.45. The van der Waals surface area contributed by atoms with Gasteiger partial charge in [-0.15, -0.1) is 0 Å². The number of hydrogen-bond donors (Lipinski definition) is 0. The maximum Gasteiger partial charge on any atom is 0.149 e. The maximum absolute atomic E-state index is 6.29. The second kappa shape index (κ2) is 11.2. The standard InChI is InChI=1S/C30H35NO/c1-3-26(23-25-13-7-4-8-14-25)30(27-15-9-5-10-16-27)28-17-19-29(20-18-28)32-24(2)31-21-11-6-12-22-31/h4-5,7-10,13-20,24H,3,6,11-12,21-23H2,1-2H3/b30-26-. The van der Waals surface area contributed by atoms with E-state index in [1.165, 1.54) is 47.1 Å². The van der Waals surface area contributed by atoms with Crippen LogP contribution in [0.3, 0.4) is 0 Å². The second-order valence-corrected chi connectivity index (χ2v) is 8.70. The van der Waals surface area contributed by atoms with Crippen LogP contribution in [0.1, 0.15) is 56.2 Å². The summed E-state index contributed by atoms with van der Waals surface area (Å²) in [7, 11) is 0. The van der Waals surface area contributed by atoms with Crippen molar-refractivity contribution in [3.8, 4) is 5.75 Å². The van der Waals surface area contributed by atoms with Gasteiger partial charge in [0, 0.05) is 13.1 Å². The first-order valence-electron chi connectivity index (χ1n) is 12.1. The Morgan fingerprint density at radius 3 is 2.00 bits per heavy atom. The molecule has 32 heavy (non-hydrogen) atoms. The van der Waals surface area contributed by atoms with Gasteiger partial charge in [-0.3, -0.25) is 4.90 Å². The molecule has 0 spiro atoms. The van der Waals surface area contributed by atoms with E-state index in [0.29, 0.717) is 0 Å². The molecular weight excluding hydrogens is 390 g/mol. The Hall–Kier alpha value is -2.84. The maximum atomic E-state index is 6.29. The van der Waals surface area contributed by atoms with E-state index in [0.717, 1.165) is 31.7 Å².